The van der Waals surface area contributed by atoms with Crippen LogP contribution < -0.4 is 10.5 Å². The third kappa shape index (κ3) is 2.74. The smallest absolute Gasteiger partial charge is 0.241 e. The molecular weight excluding hydrogens is 248 g/mol. The monoisotopic (exact) mass is 268 g/mol. The molecule has 1 aliphatic rings. The van der Waals surface area contributed by atoms with Crippen LogP contribution in [0.15, 0.2) is 29.2 Å². The summed E-state index contributed by atoms with van der Waals surface area (Å²) < 4.78 is 27.6. The second-order valence-electron chi connectivity index (χ2n) is 5.41. The quantitative estimate of drug-likeness (QED) is 0.852. The summed E-state index contributed by atoms with van der Waals surface area (Å²) in [7, 11) is -3.50. The first-order valence-electron chi connectivity index (χ1n) is 6.19. The van der Waals surface area contributed by atoms with Gasteiger partial charge in [0.2, 0.25) is 10.0 Å². The highest BCUT2D eigenvalue weighted by Gasteiger charge is 2.40. The fourth-order valence-corrected chi connectivity index (χ4v) is 3.95. The highest BCUT2D eigenvalue weighted by molar-refractivity contribution is 7.89. The Morgan fingerprint density at radius 1 is 1.33 bits per heavy atom. The van der Waals surface area contributed by atoms with Gasteiger partial charge < -0.3 is 5.73 Å². The minimum atomic E-state index is -3.50. The lowest BCUT2D eigenvalue weighted by Crippen LogP contribution is -2.45. The number of nitrogens with two attached hydrogens (primary N) is 1. The maximum atomic E-state index is 12.4. The molecule has 3 N–H and O–H groups in total. The van der Waals surface area contributed by atoms with Crippen LogP contribution in [-0.2, 0) is 16.6 Å². The van der Waals surface area contributed by atoms with Gasteiger partial charge in [-0.2, -0.15) is 0 Å². The van der Waals surface area contributed by atoms with E-state index in [2.05, 4.69) is 4.72 Å². The van der Waals surface area contributed by atoms with E-state index < -0.39 is 10.0 Å². The molecule has 1 aromatic rings. The summed E-state index contributed by atoms with van der Waals surface area (Å²) in [5, 5.41) is 0. The predicted molar refractivity (Wildman–Crippen MR) is 71.5 cm³/mol. The third-order valence-electron chi connectivity index (χ3n) is 3.48. The molecule has 0 spiro atoms. The van der Waals surface area contributed by atoms with Crippen LogP contribution in [-0.4, -0.2) is 14.0 Å². The van der Waals surface area contributed by atoms with Gasteiger partial charge in [-0.1, -0.05) is 18.2 Å². The van der Waals surface area contributed by atoms with Crippen molar-refractivity contribution in [3.8, 4) is 0 Å². The van der Waals surface area contributed by atoms with E-state index in [0.717, 1.165) is 12.8 Å². The van der Waals surface area contributed by atoms with E-state index in [0.29, 0.717) is 16.4 Å². The summed E-state index contributed by atoms with van der Waals surface area (Å²) in [6.07, 6.45) is 2.18. The highest BCUT2D eigenvalue weighted by atomic mass is 32.2. The minimum Gasteiger partial charge on any atom is -0.326 e. The van der Waals surface area contributed by atoms with Gasteiger partial charge in [-0.15, -0.1) is 0 Å². The number of rotatable bonds is 5. The Hall–Kier alpha value is -0.910. The lowest BCUT2D eigenvalue weighted by molar-refractivity contribution is 0.400. The van der Waals surface area contributed by atoms with Crippen LogP contribution in [0.1, 0.15) is 32.3 Å². The van der Waals surface area contributed by atoms with Crippen LogP contribution in [0.5, 0.6) is 0 Å². The van der Waals surface area contributed by atoms with Gasteiger partial charge in [0.05, 0.1) is 4.90 Å². The molecule has 0 bridgehead atoms. The fraction of sp³-hybridized carbons (Fsp3) is 0.538. The summed E-state index contributed by atoms with van der Waals surface area (Å²) >= 11 is 0. The van der Waals surface area contributed by atoms with Crippen molar-refractivity contribution in [1.29, 1.82) is 0 Å². The average Bonchev–Trinajstić information content (AvgIpc) is 3.11. The van der Waals surface area contributed by atoms with Crippen molar-refractivity contribution in [3.63, 3.8) is 0 Å². The Morgan fingerprint density at radius 3 is 2.50 bits per heavy atom. The predicted octanol–water partition coefficient (Wildman–Crippen LogP) is 1.61. The molecule has 1 aliphatic carbocycles. The maximum absolute atomic E-state index is 12.4. The zero-order chi connectivity index (χ0) is 13.4. The first-order chi connectivity index (χ1) is 8.37. The Labute approximate surface area is 109 Å². The molecular formula is C13H20N2O2S. The van der Waals surface area contributed by atoms with Crippen molar-refractivity contribution in [1.82, 2.24) is 4.72 Å². The molecule has 0 unspecified atom stereocenters. The topological polar surface area (TPSA) is 72.2 Å². The molecule has 100 valence electrons. The number of benzene rings is 1. The molecule has 0 saturated heterocycles. The van der Waals surface area contributed by atoms with Crippen molar-refractivity contribution in [3.05, 3.63) is 29.8 Å². The van der Waals surface area contributed by atoms with Crippen LogP contribution in [0.2, 0.25) is 0 Å². The van der Waals surface area contributed by atoms with Crippen LogP contribution in [0.25, 0.3) is 0 Å². The third-order valence-corrected chi connectivity index (χ3v) is 5.25. The van der Waals surface area contributed by atoms with E-state index in [-0.39, 0.29) is 12.1 Å². The number of nitrogens with one attached hydrogen (secondary N) is 1. The molecule has 0 heterocycles. The number of hydrogen-bond acceptors (Lipinski definition) is 3. The largest absolute Gasteiger partial charge is 0.326 e. The van der Waals surface area contributed by atoms with Crippen molar-refractivity contribution in [2.24, 2.45) is 11.7 Å². The molecule has 1 saturated carbocycles. The van der Waals surface area contributed by atoms with E-state index >= 15 is 0 Å². The average molecular weight is 268 g/mol. The Balaban J connectivity index is 2.30. The second-order valence-corrected chi connectivity index (χ2v) is 7.06. The number of sulfonamides is 1. The van der Waals surface area contributed by atoms with Crippen LogP contribution in [0.3, 0.4) is 0 Å². The lowest BCUT2D eigenvalue weighted by atomic mass is 10.0. The maximum Gasteiger partial charge on any atom is 0.241 e. The molecule has 0 radical (unpaired) electrons. The van der Waals surface area contributed by atoms with Crippen LogP contribution >= 0.6 is 0 Å². The zero-order valence-corrected chi connectivity index (χ0v) is 11.6. The summed E-state index contributed by atoms with van der Waals surface area (Å²) in [6, 6.07) is 6.87. The van der Waals surface area contributed by atoms with Crippen molar-refractivity contribution in [2.75, 3.05) is 0 Å². The first-order valence-corrected chi connectivity index (χ1v) is 7.67. The van der Waals surface area contributed by atoms with E-state index in [1.165, 1.54) is 0 Å². The minimum absolute atomic E-state index is 0.223. The first kappa shape index (κ1) is 13.5. The standard InChI is InChI=1S/C13H20N2O2S/c1-13(2,11-7-8-11)15-18(16,17)12-6-4-3-5-10(12)9-14/h3-6,11,15H,7-9,14H2,1-2H3. The summed E-state index contributed by atoms with van der Waals surface area (Å²) in [4.78, 5) is 0.293. The van der Waals surface area contributed by atoms with Gasteiger partial charge in [-0.3, -0.25) is 0 Å². The highest BCUT2D eigenvalue weighted by Crippen LogP contribution is 2.40. The Kier molecular flexibility index (Phi) is 3.49. The normalized spacial score (nSPS) is 16.8. The summed E-state index contributed by atoms with van der Waals surface area (Å²) in [5.74, 6) is 0.442. The van der Waals surface area contributed by atoms with Crippen molar-refractivity contribution in [2.45, 2.75) is 43.7 Å². The van der Waals surface area contributed by atoms with Gasteiger partial charge in [-0.25, -0.2) is 13.1 Å². The van der Waals surface area contributed by atoms with Crippen LogP contribution in [0, 0.1) is 5.92 Å². The molecule has 0 amide bonds. The zero-order valence-electron chi connectivity index (χ0n) is 10.8. The summed E-state index contributed by atoms with van der Waals surface area (Å²) in [5.41, 5.74) is 5.85. The van der Waals surface area contributed by atoms with Gasteiger partial charge in [-0.05, 0) is 44.2 Å². The lowest BCUT2D eigenvalue weighted by Gasteiger charge is -2.26. The SMILES string of the molecule is CC(C)(NS(=O)(=O)c1ccccc1CN)C1CC1. The molecule has 0 atom stereocenters. The Bertz CT molecular complexity index is 534. The Morgan fingerprint density at radius 2 is 1.94 bits per heavy atom. The molecule has 5 heteroatoms. The molecule has 4 nitrogen and oxygen atoms in total. The van der Waals surface area contributed by atoms with E-state index in [1.807, 2.05) is 13.8 Å². The van der Waals surface area contributed by atoms with E-state index in [4.69, 9.17) is 5.73 Å². The molecule has 1 fully saturated rings. The fourth-order valence-electron chi connectivity index (χ4n) is 2.22. The molecule has 1 aromatic carbocycles. The number of hydrogen-bond donors (Lipinski definition) is 2. The van der Waals surface area contributed by atoms with Gasteiger partial charge in [0.25, 0.3) is 0 Å². The van der Waals surface area contributed by atoms with Gasteiger partial charge in [0, 0.05) is 12.1 Å². The molecule has 0 aliphatic heterocycles. The van der Waals surface area contributed by atoms with Crippen molar-refractivity contribution < 1.29 is 8.42 Å². The van der Waals surface area contributed by atoms with Crippen LogP contribution in [0.4, 0.5) is 0 Å². The molecule has 0 aromatic heterocycles. The van der Waals surface area contributed by atoms with E-state index in [1.54, 1.807) is 24.3 Å². The van der Waals surface area contributed by atoms with Crippen molar-refractivity contribution >= 4 is 10.0 Å². The molecule has 2 rings (SSSR count). The van der Waals surface area contributed by atoms with Gasteiger partial charge in [0.15, 0.2) is 0 Å². The van der Waals surface area contributed by atoms with Gasteiger partial charge in [0.1, 0.15) is 0 Å². The molecule has 18 heavy (non-hydrogen) atoms. The summed E-state index contributed by atoms with van der Waals surface area (Å²) in [6.45, 7) is 4.10. The second kappa shape index (κ2) is 4.64. The van der Waals surface area contributed by atoms with E-state index in [9.17, 15) is 8.42 Å². The van der Waals surface area contributed by atoms with Gasteiger partial charge >= 0.3 is 0 Å².